The Morgan fingerprint density at radius 2 is 1.40 bits per heavy atom. The van der Waals surface area contributed by atoms with Gasteiger partial charge in [-0.1, -0.05) is 89.3 Å². The molecule has 0 radical (unpaired) electrons. The number of allylic oxidation sites excluding steroid dienone is 4. The summed E-state index contributed by atoms with van der Waals surface area (Å²) in [4.78, 5) is 0. The maximum absolute atomic E-state index is 3.56. The molecule has 0 bridgehead atoms. The average molecular weight is 208 g/mol. The summed E-state index contributed by atoms with van der Waals surface area (Å²) in [6.07, 6.45) is 13.9. The third kappa shape index (κ3) is 19.6. The van der Waals surface area contributed by atoms with Gasteiger partial charge in [-0.25, -0.2) is 0 Å². The van der Waals surface area contributed by atoms with Gasteiger partial charge < -0.3 is 0 Å². The van der Waals surface area contributed by atoms with Gasteiger partial charge in [0.05, 0.1) is 0 Å². The summed E-state index contributed by atoms with van der Waals surface area (Å²) >= 11 is 0. The molecule has 15 heavy (non-hydrogen) atoms. The molecule has 0 amide bonds. The smallest absolute Gasteiger partial charge is 0.0398 e. The Labute approximate surface area is 96.8 Å². The Bertz CT molecular complexity index is 157. The minimum absolute atomic E-state index is 1.15. The molecule has 0 aromatic heterocycles. The lowest BCUT2D eigenvalue weighted by atomic mass is 10.1. The first-order chi connectivity index (χ1) is 7.22. The average Bonchev–Trinajstić information content (AvgIpc) is 2.26. The Balaban J connectivity index is 0. The van der Waals surface area contributed by atoms with Crippen molar-refractivity contribution in [1.82, 2.24) is 0 Å². The van der Waals surface area contributed by atoms with E-state index in [2.05, 4.69) is 27.0 Å². The molecule has 0 aliphatic heterocycles. The van der Waals surface area contributed by atoms with Crippen molar-refractivity contribution in [3.63, 3.8) is 0 Å². The summed E-state index contributed by atoms with van der Waals surface area (Å²) in [5.41, 5.74) is 1.15. The molecule has 0 rings (SSSR count). The molecule has 0 heterocycles. The summed E-state index contributed by atoms with van der Waals surface area (Å²) in [5.74, 6) is 0. The second kappa shape index (κ2) is 15.7. The zero-order valence-corrected chi connectivity index (χ0v) is 10.9. The molecule has 0 saturated carbocycles. The molecule has 0 nitrogen and oxygen atoms in total. The summed E-state index contributed by atoms with van der Waals surface area (Å²) in [6.45, 7) is 13.6. The first-order valence-corrected chi connectivity index (χ1v) is 6.14. The van der Waals surface area contributed by atoms with Gasteiger partial charge in [0.2, 0.25) is 0 Å². The van der Waals surface area contributed by atoms with Crippen LogP contribution in [0.5, 0.6) is 0 Å². The summed E-state index contributed by atoms with van der Waals surface area (Å²) in [7, 11) is 0. The molecular weight excluding hydrogens is 180 g/mol. The van der Waals surface area contributed by atoms with E-state index >= 15 is 0 Å². The van der Waals surface area contributed by atoms with Gasteiger partial charge in [0.1, 0.15) is 0 Å². The molecule has 88 valence electrons. The Kier molecular flexibility index (Phi) is 17.4. The van der Waals surface area contributed by atoms with E-state index in [0.717, 1.165) is 5.57 Å². The highest BCUT2D eigenvalue weighted by molar-refractivity contribution is 5.17. The van der Waals surface area contributed by atoms with Gasteiger partial charge >= 0.3 is 0 Å². The van der Waals surface area contributed by atoms with Crippen LogP contribution in [0.15, 0.2) is 37.0 Å². The predicted octanol–water partition coefficient (Wildman–Crippen LogP) is 5.67. The zero-order valence-electron chi connectivity index (χ0n) is 10.9. The maximum atomic E-state index is 3.56. The molecule has 0 aromatic rings. The van der Waals surface area contributed by atoms with Crippen LogP contribution >= 0.6 is 0 Å². The fourth-order valence-corrected chi connectivity index (χ4v) is 1.11. The minimum Gasteiger partial charge on any atom is -0.0991 e. The highest BCUT2D eigenvalue weighted by atomic mass is 13.9. The van der Waals surface area contributed by atoms with Crippen LogP contribution in [-0.4, -0.2) is 0 Å². The fourth-order valence-electron chi connectivity index (χ4n) is 1.11. The number of unbranched alkanes of at least 4 members (excludes halogenated alkanes) is 5. The van der Waals surface area contributed by atoms with Crippen LogP contribution in [0.2, 0.25) is 0 Å². The van der Waals surface area contributed by atoms with Crippen LogP contribution < -0.4 is 0 Å². The van der Waals surface area contributed by atoms with E-state index in [0.29, 0.717) is 0 Å². The first-order valence-electron chi connectivity index (χ1n) is 6.14. The molecule has 0 aliphatic rings. The van der Waals surface area contributed by atoms with Crippen molar-refractivity contribution in [2.45, 2.75) is 59.3 Å². The SMILES string of the molecule is C=C/C=C(/C)C=C.CCCCCCCC. The third-order valence-electron chi connectivity index (χ3n) is 2.16. The molecule has 0 heteroatoms. The van der Waals surface area contributed by atoms with Crippen molar-refractivity contribution in [3.8, 4) is 0 Å². The van der Waals surface area contributed by atoms with Gasteiger partial charge in [0.25, 0.3) is 0 Å². The predicted molar refractivity (Wildman–Crippen MR) is 73.2 cm³/mol. The van der Waals surface area contributed by atoms with Crippen LogP contribution in [0.4, 0.5) is 0 Å². The van der Waals surface area contributed by atoms with Crippen LogP contribution in [-0.2, 0) is 0 Å². The van der Waals surface area contributed by atoms with Crippen molar-refractivity contribution >= 4 is 0 Å². The second-order valence-electron chi connectivity index (χ2n) is 3.76. The van der Waals surface area contributed by atoms with Crippen molar-refractivity contribution in [3.05, 3.63) is 37.0 Å². The molecule has 0 atom stereocenters. The van der Waals surface area contributed by atoms with E-state index in [1.54, 1.807) is 12.2 Å². The lowest BCUT2D eigenvalue weighted by molar-refractivity contribution is 0.624. The highest BCUT2D eigenvalue weighted by Gasteiger charge is 1.83. The van der Waals surface area contributed by atoms with Gasteiger partial charge in [-0.3, -0.25) is 0 Å². The molecule has 0 spiro atoms. The van der Waals surface area contributed by atoms with E-state index in [-0.39, 0.29) is 0 Å². The highest BCUT2D eigenvalue weighted by Crippen LogP contribution is 2.03. The standard InChI is InChI=1S/C8H18.C7H10/c1-3-5-7-8-6-4-2;1-4-6-7(3)5-2/h3-8H2,1-2H3;4-6H,1-2H2,3H3/b;7-6-. The second-order valence-corrected chi connectivity index (χ2v) is 3.76. The number of hydrogen-bond acceptors (Lipinski definition) is 0. The summed E-state index contributed by atoms with van der Waals surface area (Å²) in [6, 6.07) is 0. The quantitative estimate of drug-likeness (QED) is 0.373. The largest absolute Gasteiger partial charge is 0.0991 e. The van der Waals surface area contributed by atoms with Crippen molar-refractivity contribution in [1.29, 1.82) is 0 Å². The minimum atomic E-state index is 1.15. The van der Waals surface area contributed by atoms with Gasteiger partial charge in [0.15, 0.2) is 0 Å². The lowest BCUT2D eigenvalue weighted by Crippen LogP contribution is -1.73. The number of rotatable bonds is 7. The van der Waals surface area contributed by atoms with Crippen LogP contribution in [0, 0.1) is 0 Å². The molecule has 0 unspecified atom stereocenters. The first kappa shape index (κ1) is 16.6. The number of hydrogen-bond donors (Lipinski definition) is 0. The van der Waals surface area contributed by atoms with E-state index < -0.39 is 0 Å². The lowest BCUT2D eigenvalue weighted by Gasteiger charge is -1.93. The summed E-state index contributed by atoms with van der Waals surface area (Å²) < 4.78 is 0. The molecule has 0 saturated heterocycles. The van der Waals surface area contributed by atoms with Crippen LogP contribution in [0.25, 0.3) is 0 Å². The third-order valence-corrected chi connectivity index (χ3v) is 2.16. The molecule has 0 aromatic carbocycles. The van der Waals surface area contributed by atoms with Gasteiger partial charge in [0, 0.05) is 0 Å². The van der Waals surface area contributed by atoms with E-state index in [4.69, 9.17) is 0 Å². The molecular formula is C15H28. The molecule has 0 fully saturated rings. The normalized spacial score (nSPS) is 10.2. The molecule has 0 N–H and O–H groups in total. The van der Waals surface area contributed by atoms with Crippen molar-refractivity contribution < 1.29 is 0 Å². The monoisotopic (exact) mass is 208 g/mol. The maximum Gasteiger partial charge on any atom is -0.0398 e. The van der Waals surface area contributed by atoms with E-state index in [1.807, 2.05) is 13.0 Å². The van der Waals surface area contributed by atoms with Crippen LogP contribution in [0.3, 0.4) is 0 Å². The van der Waals surface area contributed by atoms with E-state index in [9.17, 15) is 0 Å². The molecule has 0 aliphatic carbocycles. The van der Waals surface area contributed by atoms with Crippen LogP contribution in [0.1, 0.15) is 59.3 Å². The fraction of sp³-hybridized carbons (Fsp3) is 0.600. The van der Waals surface area contributed by atoms with Gasteiger partial charge in [-0.05, 0) is 6.92 Å². The van der Waals surface area contributed by atoms with Crippen molar-refractivity contribution in [2.24, 2.45) is 0 Å². The topological polar surface area (TPSA) is 0 Å². The van der Waals surface area contributed by atoms with E-state index in [1.165, 1.54) is 38.5 Å². The Hall–Kier alpha value is -0.780. The Morgan fingerprint density at radius 1 is 0.933 bits per heavy atom. The van der Waals surface area contributed by atoms with Gasteiger partial charge in [-0.15, -0.1) is 0 Å². The van der Waals surface area contributed by atoms with Gasteiger partial charge in [-0.2, -0.15) is 0 Å². The summed E-state index contributed by atoms with van der Waals surface area (Å²) in [5, 5.41) is 0. The zero-order chi connectivity index (χ0) is 11.9. The Morgan fingerprint density at radius 3 is 1.60 bits per heavy atom. The van der Waals surface area contributed by atoms with Crippen molar-refractivity contribution in [2.75, 3.05) is 0 Å².